The Balaban J connectivity index is 0.000000921. The number of likely N-dealkylation sites (N-methyl/N-ethyl adjacent to an activating group) is 1. The standard InChI is InChI=1S/C10H18N2O.C2H6/c1-3-5-10-9(8-13-12-10)6-7-11-4-2;1-2/h8,11H,3-7H2,1-2H3;1-2H3. The van der Waals surface area contributed by atoms with E-state index in [0.717, 1.165) is 38.0 Å². The van der Waals surface area contributed by atoms with Gasteiger partial charge in [0, 0.05) is 5.56 Å². The Labute approximate surface area is 93.2 Å². The number of aromatic nitrogens is 1. The summed E-state index contributed by atoms with van der Waals surface area (Å²) in [5, 5.41) is 7.27. The molecule has 0 bridgehead atoms. The lowest BCUT2D eigenvalue weighted by Gasteiger charge is -2.00. The Kier molecular flexibility index (Phi) is 9.18. The zero-order chi connectivity index (χ0) is 11.5. The van der Waals surface area contributed by atoms with Crippen molar-refractivity contribution in [1.29, 1.82) is 0 Å². The predicted molar refractivity (Wildman–Crippen MR) is 64.1 cm³/mol. The Morgan fingerprint density at radius 1 is 1.27 bits per heavy atom. The molecule has 0 fully saturated rings. The molecule has 1 heterocycles. The molecule has 1 N–H and O–H groups in total. The second-order valence-corrected chi connectivity index (χ2v) is 3.14. The largest absolute Gasteiger partial charge is 0.364 e. The molecule has 15 heavy (non-hydrogen) atoms. The first-order valence-corrected chi connectivity index (χ1v) is 6.01. The summed E-state index contributed by atoms with van der Waals surface area (Å²) in [6.07, 6.45) is 4.94. The second-order valence-electron chi connectivity index (χ2n) is 3.14. The first kappa shape index (κ1) is 14.2. The van der Waals surface area contributed by atoms with E-state index in [1.54, 1.807) is 6.26 Å². The zero-order valence-corrected chi connectivity index (χ0v) is 10.5. The van der Waals surface area contributed by atoms with Crippen LogP contribution in [0.1, 0.15) is 45.4 Å². The molecule has 0 aliphatic rings. The van der Waals surface area contributed by atoms with Crippen LogP contribution in [0.15, 0.2) is 10.8 Å². The molecule has 1 rings (SSSR count). The molecule has 0 saturated carbocycles. The van der Waals surface area contributed by atoms with Crippen LogP contribution in [0.4, 0.5) is 0 Å². The highest BCUT2D eigenvalue weighted by Crippen LogP contribution is 2.09. The maximum absolute atomic E-state index is 4.95. The minimum atomic E-state index is 1.01. The third-order valence-corrected chi connectivity index (χ3v) is 2.04. The van der Waals surface area contributed by atoms with Crippen LogP contribution in [-0.4, -0.2) is 18.2 Å². The molecule has 3 heteroatoms. The van der Waals surface area contributed by atoms with Crippen LogP contribution in [0.2, 0.25) is 0 Å². The molecule has 0 spiro atoms. The van der Waals surface area contributed by atoms with Gasteiger partial charge in [0.1, 0.15) is 6.26 Å². The van der Waals surface area contributed by atoms with E-state index in [9.17, 15) is 0 Å². The van der Waals surface area contributed by atoms with E-state index >= 15 is 0 Å². The van der Waals surface area contributed by atoms with E-state index < -0.39 is 0 Å². The molecular weight excluding hydrogens is 188 g/mol. The quantitative estimate of drug-likeness (QED) is 0.737. The van der Waals surface area contributed by atoms with Crippen molar-refractivity contribution in [2.24, 2.45) is 0 Å². The molecule has 3 nitrogen and oxygen atoms in total. The van der Waals surface area contributed by atoms with Crippen LogP contribution >= 0.6 is 0 Å². The first-order chi connectivity index (χ1) is 7.38. The lowest BCUT2D eigenvalue weighted by molar-refractivity contribution is 0.410. The van der Waals surface area contributed by atoms with E-state index in [1.807, 2.05) is 13.8 Å². The van der Waals surface area contributed by atoms with E-state index in [-0.39, 0.29) is 0 Å². The van der Waals surface area contributed by atoms with Crippen molar-refractivity contribution in [3.63, 3.8) is 0 Å². The van der Waals surface area contributed by atoms with Crippen molar-refractivity contribution in [2.45, 2.75) is 47.0 Å². The van der Waals surface area contributed by atoms with Crippen molar-refractivity contribution < 1.29 is 4.52 Å². The number of aryl methyl sites for hydroxylation is 1. The Bertz CT molecular complexity index is 233. The lowest BCUT2D eigenvalue weighted by Crippen LogP contribution is -2.16. The van der Waals surface area contributed by atoms with Gasteiger partial charge in [-0.2, -0.15) is 0 Å². The van der Waals surface area contributed by atoms with E-state index in [4.69, 9.17) is 4.52 Å². The van der Waals surface area contributed by atoms with Gasteiger partial charge in [0.15, 0.2) is 0 Å². The molecular formula is C12H24N2O. The van der Waals surface area contributed by atoms with E-state index in [2.05, 4.69) is 24.3 Å². The molecule has 1 aromatic rings. The van der Waals surface area contributed by atoms with Gasteiger partial charge in [0.05, 0.1) is 5.69 Å². The first-order valence-electron chi connectivity index (χ1n) is 6.01. The fourth-order valence-corrected chi connectivity index (χ4v) is 1.33. The summed E-state index contributed by atoms with van der Waals surface area (Å²) in [6, 6.07) is 0. The molecule has 0 atom stereocenters. The molecule has 0 aliphatic heterocycles. The van der Waals surface area contributed by atoms with Gasteiger partial charge >= 0.3 is 0 Å². The summed E-state index contributed by atoms with van der Waals surface area (Å²) in [5.41, 5.74) is 2.38. The Morgan fingerprint density at radius 3 is 2.60 bits per heavy atom. The Morgan fingerprint density at radius 2 is 2.00 bits per heavy atom. The van der Waals surface area contributed by atoms with Crippen molar-refractivity contribution in [2.75, 3.05) is 13.1 Å². The molecule has 1 aromatic heterocycles. The lowest BCUT2D eigenvalue weighted by atomic mass is 10.1. The maximum atomic E-state index is 4.95. The Hall–Kier alpha value is -0.830. The van der Waals surface area contributed by atoms with Gasteiger partial charge in [-0.1, -0.05) is 39.3 Å². The fourth-order valence-electron chi connectivity index (χ4n) is 1.33. The van der Waals surface area contributed by atoms with Gasteiger partial charge in [-0.25, -0.2) is 0 Å². The predicted octanol–water partition coefficient (Wildman–Crippen LogP) is 2.81. The average Bonchev–Trinajstić information content (AvgIpc) is 2.70. The highest BCUT2D eigenvalue weighted by Gasteiger charge is 2.05. The minimum Gasteiger partial charge on any atom is -0.364 e. The summed E-state index contributed by atoms with van der Waals surface area (Å²) in [5.74, 6) is 0. The van der Waals surface area contributed by atoms with Crippen LogP contribution < -0.4 is 5.32 Å². The van der Waals surface area contributed by atoms with Crippen molar-refractivity contribution >= 4 is 0 Å². The van der Waals surface area contributed by atoms with Crippen molar-refractivity contribution in [3.8, 4) is 0 Å². The van der Waals surface area contributed by atoms with Gasteiger partial charge in [-0.15, -0.1) is 0 Å². The normalized spacial score (nSPS) is 9.60. The highest BCUT2D eigenvalue weighted by atomic mass is 16.5. The smallest absolute Gasteiger partial charge is 0.127 e. The molecule has 0 aliphatic carbocycles. The molecule has 88 valence electrons. The third kappa shape index (κ3) is 5.57. The SMILES string of the molecule is CC.CCCc1nocc1CCNCC. The molecule has 0 radical (unpaired) electrons. The number of nitrogens with one attached hydrogen (secondary N) is 1. The van der Waals surface area contributed by atoms with E-state index in [1.165, 1.54) is 5.56 Å². The number of hydrogen-bond acceptors (Lipinski definition) is 3. The van der Waals surface area contributed by atoms with Crippen molar-refractivity contribution in [1.82, 2.24) is 10.5 Å². The minimum absolute atomic E-state index is 1.01. The van der Waals surface area contributed by atoms with E-state index in [0.29, 0.717) is 0 Å². The maximum Gasteiger partial charge on any atom is 0.127 e. The summed E-state index contributed by atoms with van der Waals surface area (Å²) in [7, 11) is 0. The van der Waals surface area contributed by atoms with Crippen LogP contribution in [0.25, 0.3) is 0 Å². The number of nitrogens with zero attached hydrogens (tertiary/aromatic N) is 1. The molecule has 0 unspecified atom stereocenters. The van der Waals surface area contributed by atoms with Crippen LogP contribution in [-0.2, 0) is 12.8 Å². The van der Waals surface area contributed by atoms with Crippen LogP contribution in [0.3, 0.4) is 0 Å². The highest BCUT2D eigenvalue weighted by molar-refractivity contribution is 5.14. The second kappa shape index (κ2) is 9.71. The third-order valence-electron chi connectivity index (χ3n) is 2.04. The van der Waals surface area contributed by atoms with Gasteiger partial charge in [0.2, 0.25) is 0 Å². The summed E-state index contributed by atoms with van der Waals surface area (Å²) in [6.45, 7) is 10.3. The summed E-state index contributed by atoms with van der Waals surface area (Å²) < 4.78 is 4.95. The average molecular weight is 212 g/mol. The van der Waals surface area contributed by atoms with Gasteiger partial charge in [0.25, 0.3) is 0 Å². The fraction of sp³-hybridized carbons (Fsp3) is 0.750. The molecule has 0 aromatic carbocycles. The van der Waals surface area contributed by atoms with Crippen molar-refractivity contribution in [3.05, 3.63) is 17.5 Å². The van der Waals surface area contributed by atoms with Gasteiger partial charge < -0.3 is 9.84 Å². The van der Waals surface area contributed by atoms with Crippen LogP contribution in [0, 0.1) is 0 Å². The molecule has 0 amide bonds. The zero-order valence-electron chi connectivity index (χ0n) is 10.5. The van der Waals surface area contributed by atoms with Gasteiger partial charge in [-0.05, 0) is 25.9 Å². The summed E-state index contributed by atoms with van der Waals surface area (Å²) in [4.78, 5) is 0. The van der Waals surface area contributed by atoms with Crippen LogP contribution in [0.5, 0.6) is 0 Å². The number of hydrogen-bond donors (Lipinski definition) is 1. The van der Waals surface area contributed by atoms with Gasteiger partial charge in [-0.3, -0.25) is 0 Å². The summed E-state index contributed by atoms with van der Waals surface area (Å²) >= 11 is 0. The molecule has 0 saturated heterocycles. The number of rotatable bonds is 6. The monoisotopic (exact) mass is 212 g/mol. The topological polar surface area (TPSA) is 38.1 Å².